The van der Waals surface area contributed by atoms with E-state index in [4.69, 9.17) is 0 Å². The molecule has 0 unspecified atom stereocenters. The summed E-state index contributed by atoms with van der Waals surface area (Å²) in [5, 5.41) is 2.46. The number of hydrogen-bond acceptors (Lipinski definition) is 3. The highest BCUT2D eigenvalue weighted by molar-refractivity contribution is 7.90. The van der Waals surface area contributed by atoms with Crippen LogP contribution in [0.3, 0.4) is 0 Å². The number of rotatable bonds is 3. The molecule has 1 heterocycles. The Bertz CT molecular complexity index is 766. The predicted molar refractivity (Wildman–Crippen MR) is 73.0 cm³/mol. The molecule has 0 aliphatic rings. The zero-order valence-corrected chi connectivity index (χ0v) is 11.7. The van der Waals surface area contributed by atoms with E-state index in [1.807, 2.05) is 0 Å². The number of carbonyl (C=O) groups is 1. The fourth-order valence-corrected chi connectivity index (χ4v) is 2.36. The largest absolute Gasteiger partial charge is 0.364 e. The van der Waals surface area contributed by atoms with Crippen LogP contribution in [0.15, 0.2) is 35.4 Å². The second-order valence-corrected chi connectivity index (χ2v) is 6.49. The SMILES string of the molecule is Cc1cc(C(=O)Nc2cc(F)cc(S(C)(=O)=O)c2)c[nH]1. The van der Waals surface area contributed by atoms with E-state index in [0.717, 1.165) is 24.1 Å². The van der Waals surface area contributed by atoms with Crippen molar-refractivity contribution in [2.75, 3.05) is 11.6 Å². The first-order valence-electron chi connectivity index (χ1n) is 5.73. The summed E-state index contributed by atoms with van der Waals surface area (Å²) in [6, 6.07) is 4.82. The number of aromatic nitrogens is 1. The molecule has 1 amide bonds. The molecule has 0 atom stereocenters. The summed E-state index contributed by atoms with van der Waals surface area (Å²) in [6.07, 6.45) is 2.49. The van der Waals surface area contributed by atoms with Gasteiger partial charge >= 0.3 is 0 Å². The summed E-state index contributed by atoms with van der Waals surface area (Å²) in [4.78, 5) is 14.6. The van der Waals surface area contributed by atoms with Gasteiger partial charge < -0.3 is 10.3 Å². The number of anilines is 1. The number of aromatic amines is 1. The first kappa shape index (κ1) is 14.3. The summed E-state index contributed by atoms with van der Waals surface area (Å²) in [7, 11) is -3.54. The van der Waals surface area contributed by atoms with Crippen molar-refractivity contribution in [3.05, 3.63) is 47.5 Å². The van der Waals surface area contributed by atoms with E-state index >= 15 is 0 Å². The molecule has 20 heavy (non-hydrogen) atoms. The van der Waals surface area contributed by atoms with E-state index in [-0.39, 0.29) is 10.6 Å². The van der Waals surface area contributed by atoms with Gasteiger partial charge in [-0.15, -0.1) is 0 Å². The van der Waals surface area contributed by atoms with Gasteiger partial charge in [-0.2, -0.15) is 0 Å². The van der Waals surface area contributed by atoms with Crippen LogP contribution in [0.1, 0.15) is 16.1 Å². The number of nitrogens with one attached hydrogen (secondary N) is 2. The van der Waals surface area contributed by atoms with Crippen molar-refractivity contribution in [2.24, 2.45) is 0 Å². The third-order valence-electron chi connectivity index (χ3n) is 2.65. The molecule has 0 aliphatic heterocycles. The summed E-state index contributed by atoms with van der Waals surface area (Å²) in [6.45, 7) is 1.79. The predicted octanol–water partition coefficient (Wildman–Crippen LogP) is 2.12. The Kier molecular flexibility index (Phi) is 3.63. The Morgan fingerprint density at radius 3 is 2.50 bits per heavy atom. The Balaban J connectivity index is 2.30. The van der Waals surface area contributed by atoms with Crippen molar-refractivity contribution in [3.8, 4) is 0 Å². The lowest BCUT2D eigenvalue weighted by Crippen LogP contribution is -2.12. The number of H-pyrrole nitrogens is 1. The van der Waals surface area contributed by atoms with E-state index in [1.165, 1.54) is 12.3 Å². The maximum Gasteiger partial charge on any atom is 0.257 e. The lowest BCUT2D eigenvalue weighted by Gasteiger charge is -2.06. The van der Waals surface area contributed by atoms with E-state index in [0.29, 0.717) is 5.56 Å². The second kappa shape index (κ2) is 5.09. The Hall–Kier alpha value is -2.15. The maximum atomic E-state index is 13.4. The minimum Gasteiger partial charge on any atom is -0.364 e. The van der Waals surface area contributed by atoms with Crippen LogP contribution < -0.4 is 5.32 Å². The van der Waals surface area contributed by atoms with Crippen molar-refractivity contribution in [1.82, 2.24) is 4.98 Å². The lowest BCUT2D eigenvalue weighted by atomic mass is 10.2. The molecule has 0 saturated carbocycles. The van der Waals surface area contributed by atoms with Gasteiger partial charge in [0, 0.05) is 23.8 Å². The van der Waals surface area contributed by atoms with Gasteiger partial charge in [0.2, 0.25) is 0 Å². The monoisotopic (exact) mass is 296 g/mol. The van der Waals surface area contributed by atoms with Crippen LogP contribution in [0.5, 0.6) is 0 Å². The van der Waals surface area contributed by atoms with Gasteiger partial charge in [0.05, 0.1) is 10.5 Å². The molecule has 5 nitrogen and oxygen atoms in total. The molecule has 0 fully saturated rings. The van der Waals surface area contributed by atoms with Crippen molar-refractivity contribution >= 4 is 21.4 Å². The highest BCUT2D eigenvalue weighted by Crippen LogP contribution is 2.19. The summed E-state index contributed by atoms with van der Waals surface area (Å²) in [5.41, 5.74) is 1.29. The Labute approximate surface area is 115 Å². The lowest BCUT2D eigenvalue weighted by molar-refractivity contribution is 0.102. The van der Waals surface area contributed by atoms with Crippen molar-refractivity contribution in [2.45, 2.75) is 11.8 Å². The second-order valence-electron chi connectivity index (χ2n) is 4.47. The molecule has 0 aliphatic carbocycles. The van der Waals surface area contributed by atoms with E-state index < -0.39 is 21.6 Å². The summed E-state index contributed by atoms with van der Waals surface area (Å²) in [5.74, 6) is -1.17. The average Bonchev–Trinajstić information content (AvgIpc) is 2.74. The van der Waals surface area contributed by atoms with Gasteiger partial charge in [-0.1, -0.05) is 0 Å². The molecule has 7 heteroatoms. The number of hydrogen-bond donors (Lipinski definition) is 2. The van der Waals surface area contributed by atoms with Crippen LogP contribution >= 0.6 is 0 Å². The molecule has 1 aromatic carbocycles. The number of aryl methyl sites for hydroxylation is 1. The van der Waals surface area contributed by atoms with Gasteiger partial charge in [0.25, 0.3) is 5.91 Å². The average molecular weight is 296 g/mol. The maximum absolute atomic E-state index is 13.4. The van der Waals surface area contributed by atoms with Crippen molar-refractivity contribution < 1.29 is 17.6 Å². The van der Waals surface area contributed by atoms with Crippen LogP contribution in [0.4, 0.5) is 10.1 Å². The molecular weight excluding hydrogens is 283 g/mol. The summed E-state index contributed by atoms with van der Waals surface area (Å²) >= 11 is 0. The summed E-state index contributed by atoms with van der Waals surface area (Å²) < 4.78 is 36.2. The molecule has 0 saturated heterocycles. The zero-order valence-electron chi connectivity index (χ0n) is 10.9. The van der Waals surface area contributed by atoms with Crippen LogP contribution in [-0.2, 0) is 9.84 Å². The van der Waals surface area contributed by atoms with E-state index in [9.17, 15) is 17.6 Å². The van der Waals surface area contributed by atoms with E-state index in [2.05, 4.69) is 10.3 Å². The fraction of sp³-hybridized carbons (Fsp3) is 0.154. The zero-order chi connectivity index (χ0) is 14.9. The number of amides is 1. The molecule has 0 radical (unpaired) electrons. The van der Waals surface area contributed by atoms with Gasteiger partial charge in [-0.25, -0.2) is 12.8 Å². The van der Waals surface area contributed by atoms with Crippen LogP contribution in [0, 0.1) is 12.7 Å². The van der Waals surface area contributed by atoms with Gasteiger partial charge in [0.1, 0.15) is 5.82 Å². The molecule has 0 bridgehead atoms. The Morgan fingerprint density at radius 2 is 1.95 bits per heavy atom. The van der Waals surface area contributed by atoms with Crippen molar-refractivity contribution in [3.63, 3.8) is 0 Å². The first-order valence-corrected chi connectivity index (χ1v) is 7.62. The smallest absolute Gasteiger partial charge is 0.257 e. The highest BCUT2D eigenvalue weighted by Gasteiger charge is 2.13. The molecule has 0 spiro atoms. The van der Waals surface area contributed by atoms with Gasteiger partial charge in [0.15, 0.2) is 9.84 Å². The number of sulfone groups is 1. The molecule has 1 aromatic heterocycles. The number of halogens is 1. The quantitative estimate of drug-likeness (QED) is 0.910. The van der Waals surface area contributed by atoms with E-state index in [1.54, 1.807) is 13.0 Å². The first-order chi connectivity index (χ1) is 9.25. The topological polar surface area (TPSA) is 79.0 Å². The van der Waals surface area contributed by atoms with Crippen LogP contribution in [0.25, 0.3) is 0 Å². The molecular formula is C13H13FN2O3S. The highest BCUT2D eigenvalue weighted by atomic mass is 32.2. The minimum absolute atomic E-state index is 0.0919. The molecule has 106 valence electrons. The number of benzene rings is 1. The molecule has 2 rings (SSSR count). The van der Waals surface area contributed by atoms with Crippen LogP contribution in [-0.4, -0.2) is 25.6 Å². The molecule has 2 aromatic rings. The molecule has 2 N–H and O–H groups in total. The Morgan fingerprint density at radius 1 is 1.25 bits per heavy atom. The van der Waals surface area contributed by atoms with Gasteiger partial charge in [-0.3, -0.25) is 4.79 Å². The normalized spacial score (nSPS) is 11.3. The van der Waals surface area contributed by atoms with Gasteiger partial charge in [-0.05, 0) is 31.2 Å². The third kappa shape index (κ3) is 3.24. The minimum atomic E-state index is -3.54. The standard InChI is InChI=1S/C13H13FN2O3S/c1-8-3-9(7-15-8)13(17)16-11-4-10(14)5-12(6-11)20(2,18)19/h3-7,15H,1-2H3,(H,16,17). The fourth-order valence-electron chi connectivity index (χ4n) is 1.69. The van der Waals surface area contributed by atoms with Crippen LogP contribution in [0.2, 0.25) is 0 Å². The van der Waals surface area contributed by atoms with Crippen molar-refractivity contribution in [1.29, 1.82) is 0 Å². The number of carbonyl (C=O) groups excluding carboxylic acids is 1. The third-order valence-corrected chi connectivity index (χ3v) is 3.74.